The van der Waals surface area contributed by atoms with E-state index in [2.05, 4.69) is 15.5 Å². The van der Waals surface area contributed by atoms with Crippen LogP contribution in [-0.4, -0.2) is 33.5 Å². The van der Waals surface area contributed by atoms with Crippen LogP contribution in [0.15, 0.2) is 53.7 Å². The van der Waals surface area contributed by atoms with E-state index in [1.165, 1.54) is 11.8 Å². The van der Waals surface area contributed by atoms with Gasteiger partial charge in [-0.1, -0.05) is 30.0 Å². The fourth-order valence-electron chi connectivity index (χ4n) is 2.73. The van der Waals surface area contributed by atoms with Crippen molar-refractivity contribution in [2.24, 2.45) is 0 Å². The van der Waals surface area contributed by atoms with Gasteiger partial charge in [-0.15, -0.1) is 10.2 Å². The molecule has 1 amide bonds. The summed E-state index contributed by atoms with van der Waals surface area (Å²) in [5.74, 6) is 2.33. The summed E-state index contributed by atoms with van der Waals surface area (Å²) in [6.45, 7) is 5.05. The number of methoxy groups -OCH3 is 1. The normalized spacial score (nSPS) is 10.6. The zero-order chi connectivity index (χ0) is 20.6. The molecule has 1 heterocycles. The van der Waals surface area contributed by atoms with Crippen LogP contribution in [0.25, 0.3) is 0 Å². The van der Waals surface area contributed by atoms with Crippen molar-refractivity contribution in [3.05, 3.63) is 59.9 Å². The lowest BCUT2D eigenvalue weighted by atomic mass is 10.2. The number of nitrogens with one attached hydrogen (secondary N) is 1. The number of hydrogen-bond acceptors (Lipinski definition) is 6. The van der Waals surface area contributed by atoms with Gasteiger partial charge in [0.25, 0.3) is 0 Å². The van der Waals surface area contributed by atoms with Crippen LogP contribution in [-0.2, 0) is 17.9 Å². The van der Waals surface area contributed by atoms with Crippen molar-refractivity contribution in [2.45, 2.75) is 32.2 Å². The van der Waals surface area contributed by atoms with E-state index >= 15 is 0 Å². The van der Waals surface area contributed by atoms with Crippen molar-refractivity contribution in [2.75, 3.05) is 18.2 Å². The Morgan fingerprint density at radius 2 is 1.93 bits per heavy atom. The van der Waals surface area contributed by atoms with E-state index in [-0.39, 0.29) is 11.7 Å². The number of carbonyl (C=O) groups excluding carboxylic acids is 1. The largest absolute Gasteiger partial charge is 0.497 e. The molecule has 0 aliphatic rings. The summed E-state index contributed by atoms with van der Waals surface area (Å²) in [6, 6.07) is 15.1. The predicted octanol–water partition coefficient (Wildman–Crippen LogP) is 3.92. The lowest BCUT2D eigenvalue weighted by Gasteiger charge is -2.09. The molecule has 29 heavy (non-hydrogen) atoms. The summed E-state index contributed by atoms with van der Waals surface area (Å²) < 4.78 is 13.0. The van der Waals surface area contributed by atoms with Crippen LogP contribution >= 0.6 is 11.8 Å². The van der Waals surface area contributed by atoms with E-state index in [9.17, 15) is 4.79 Å². The predicted molar refractivity (Wildman–Crippen MR) is 114 cm³/mol. The van der Waals surface area contributed by atoms with E-state index in [1.54, 1.807) is 13.2 Å². The molecule has 0 spiro atoms. The number of aromatic nitrogens is 3. The molecule has 0 aliphatic carbocycles. The van der Waals surface area contributed by atoms with Gasteiger partial charge in [-0.25, -0.2) is 0 Å². The highest BCUT2D eigenvalue weighted by Gasteiger charge is 2.14. The van der Waals surface area contributed by atoms with Crippen molar-refractivity contribution < 1.29 is 14.3 Å². The van der Waals surface area contributed by atoms with Gasteiger partial charge in [0, 0.05) is 18.3 Å². The minimum atomic E-state index is -0.119. The Morgan fingerprint density at radius 3 is 2.69 bits per heavy atom. The molecule has 3 rings (SSSR count). The summed E-state index contributed by atoms with van der Waals surface area (Å²) in [6.07, 6.45) is 0. The maximum atomic E-state index is 12.3. The van der Waals surface area contributed by atoms with Gasteiger partial charge in [-0.2, -0.15) is 0 Å². The highest BCUT2D eigenvalue weighted by molar-refractivity contribution is 7.99. The monoisotopic (exact) mass is 412 g/mol. The number of nitrogens with zero attached hydrogens (tertiary/aromatic N) is 3. The maximum absolute atomic E-state index is 12.3. The second-order valence-corrected chi connectivity index (χ2v) is 7.26. The molecule has 0 bridgehead atoms. The molecular formula is C21H24N4O3S. The summed E-state index contributed by atoms with van der Waals surface area (Å²) in [5, 5.41) is 12.0. The first kappa shape index (κ1) is 20.7. The third-order valence-electron chi connectivity index (χ3n) is 4.15. The zero-order valence-corrected chi connectivity index (χ0v) is 17.5. The highest BCUT2D eigenvalue weighted by atomic mass is 32.2. The number of amides is 1. The van der Waals surface area contributed by atoms with Gasteiger partial charge in [0.05, 0.1) is 12.9 Å². The molecule has 1 aromatic heterocycles. The number of ether oxygens (including phenoxy) is 2. The van der Waals surface area contributed by atoms with Gasteiger partial charge in [-0.05, 0) is 43.7 Å². The Balaban J connectivity index is 1.57. The van der Waals surface area contributed by atoms with Gasteiger partial charge in [0.15, 0.2) is 11.0 Å². The lowest BCUT2D eigenvalue weighted by Crippen LogP contribution is -2.15. The second-order valence-electron chi connectivity index (χ2n) is 6.32. The van der Waals surface area contributed by atoms with Crippen molar-refractivity contribution in [1.82, 2.24) is 14.8 Å². The minimum Gasteiger partial charge on any atom is -0.497 e. The molecule has 0 aliphatic heterocycles. The lowest BCUT2D eigenvalue weighted by molar-refractivity contribution is -0.113. The molecule has 2 aromatic carbocycles. The number of aryl methyl sites for hydroxylation is 1. The van der Waals surface area contributed by atoms with Gasteiger partial charge in [0.1, 0.15) is 18.1 Å². The Bertz CT molecular complexity index is 974. The number of benzene rings is 2. The van der Waals surface area contributed by atoms with Gasteiger partial charge >= 0.3 is 0 Å². The molecule has 152 valence electrons. The number of carbonyl (C=O) groups is 1. The Morgan fingerprint density at radius 1 is 1.14 bits per heavy atom. The maximum Gasteiger partial charge on any atom is 0.234 e. The van der Waals surface area contributed by atoms with E-state index in [0.717, 1.165) is 17.1 Å². The molecule has 8 heteroatoms. The molecule has 0 saturated carbocycles. The molecule has 3 aromatic rings. The Labute approximate surface area is 174 Å². The third kappa shape index (κ3) is 5.74. The summed E-state index contributed by atoms with van der Waals surface area (Å²) in [7, 11) is 1.59. The summed E-state index contributed by atoms with van der Waals surface area (Å²) >= 11 is 1.34. The number of thioether (sulfide) groups is 1. The summed E-state index contributed by atoms with van der Waals surface area (Å²) in [5.41, 5.74) is 1.83. The number of rotatable bonds is 9. The molecule has 0 radical (unpaired) electrons. The zero-order valence-electron chi connectivity index (χ0n) is 16.7. The minimum absolute atomic E-state index is 0.119. The van der Waals surface area contributed by atoms with Crippen LogP contribution in [0.5, 0.6) is 11.5 Å². The van der Waals surface area contributed by atoms with Gasteiger partial charge in [0.2, 0.25) is 5.91 Å². The molecular weight excluding hydrogens is 388 g/mol. The molecule has 0 unspecified atom stereocenters. The fourth-order valence-corrected chi connectivity index (χ4v) is 3.55. The van der Waals surface area contributed by atoms with Gasteiger partial charge in [-0.3, -0.25) is 4.79 Å². The smallest absolute Gasteiger partial charge is 0.234 e. The van der Waals surface area contributed by atoms with Crippen molar-refractivity contribution >= 4 is 23.4 Å². The van der Waals surface area contributed by atoms with E-state index in [1.807, 2.05) is 60.9 Å². The van der Waals surface area contributed by atoms with Crippen LogP contribution < -0.4 is 14.8 Å². The van der Waals surface area contributed by atoms with Crippen LogP contribution in [0.3, 0.4) is 0 Å². The van der Waals surface area contributed by atoms with Crippen molar-refractivity contribution in [3.63, 3.8) is 0 Å². The molecule has 0 atom stereocenters. The third-order valence-corrected chi connectivity index (χ3v) is 5.12. The van der Waals surface area contributed by atoms with E-state index in [4.69, 9.17) is 9.47 Å². The quantitative estimate of drug-likeness (QED) is 0.537. The molecule has 0 saturated heterocycles. The molecule has 7 nitrogen and oxygen atoms in total. The number of hydrogen-bond donors (Lipinski definition) is 1. The molecule has 1 N–H and O–H groups in total. The molecule has 0 fully saturated rings. The Hall–Kier alpha value is -3.00. The van der Waals surface area contributed by atoms with E-state index < -0.39 is 0 Å². The average molecular weight is 413 g/mol. The van der Waals surface area contributed by atoms with E-state index in [0.29, 0.717) is 29.7 Å². The fraction of sp³-hybridized carbons (Fsp3) is 0.286. The second kappa shape index (κ2) is 9.97. The van der Waals surface area contributed by atoms with Crippen LogP contribution in [0.2, 0.25) is 0 Å². The van der Waals surface area contributed by atoms with Gasteiger partial charge < -0.3 is 19.4 Å². The SMILES string of the molecule is CCn1c(COc2cccc(C)c2)nnc1SCC(=O)Nc1cccc(OC)c1. The first-order valence-corrected chi connectivity index (χ1v) is 10.3. The van der Waals surface area contributed by atoms with Crippen molar-refractivity contribution in [3.8, 4) is 11.5 Å². The Kier molecular flexibility index (Phi) is 7.13. The topological polar surface area (TPSA) is 78.3 Å². The standard InChI is InChI=1S/C21H24N4O3S/c1-4-25-19(13-28-18-10-5-7-15(2)11-18)23-24-21(25)29-14-20(26)22-16-8-6-9-17(12-16)27-3/h5-12H,4,13-14H2,1-3H3,(H,22,26). The van der Waals surface area contributed by atoms with Crippen LogP contribution in [0.4, 0.5) is 5.69 Å². The van der Waals surface area contributed by atoms with Crippen molar-refractivity contribution in [1.29, 1.82) is 0 Å². The van der Waals surface area contributed by atoms with Crippen LogP contribution in [0, 0.1) is 6.92 Å². The summed E-state index contributed by atoms with van der Waals surface area (Å²) in [4.78, 5) is 12.3. The first-order valence-electron chi connectivity index (χ1n) is 9.27. The highest BCUT2D eigenvalue weighted by Crippen LogP contribution is 2.21. The first-order chi connectivity index (χ1) is 14.1. The number of anilines is 1. The average Bonchev–Trinajstić information content (AvgIpc) is 3.12. The van der Waals surface area contributed by atoms with Crippen LogP contribution in [0.1, 0.15) is 18.3 Å².